The Hall–Kier alpha value is -1.88. The molecule has 26 heavy (non-hydrogen) atoms. The van der Waals surface area contributed by atoms with Crippen LogP contribution in [-0.4, -0.2) is 35.0 Å². The Labute approximate surface area is 155 Å². The van der Waals surface area contributed by atoms with E-state index in [-0.39, 0.29) is 11.8 Å². The third-order valence-electron chi connectivity index (χ3n) is 5.75. The lowest BCUT2D eigenvalue weighted by molar-refractivity contribution is -0.143. The molecule has 0 bridgehead atoms. The van der Waals surface area contributed by atoms with Crippen molar-refractivity contribution >= 4 is 17.6 Å². The molecule has 1 saturated heterocycles. The lowest BCUT2D eigenvalue weighted by Crippen LogP contribution is -2.35. The summed E-state index contributed by atoms with van der Waals surface area (Å²) in [6, 6.07) is 8.04. The average molecular weight is 358 g/mol. The van der Waals surface area contributed by atoms with Gasteiger partial charge >= 0.3 is 5.97 Å². The minimum Gasteiger partial charge on any atom is -0.481 e. The summed E-state index contributed by atoms with van der Waals surface area (Å²) in [6.45, 7) is 2.43. The fourth-order valence-electron chi connectivity index (χ4n) is 4.21. The van der Waals surface area contributed by atoms with Crippen molar-refractivity contribution < 1.29 is 14.7 Å². The Balaban J connectivity index is 1.48. The summed E-state index contributed by atoms with van der Waals surface area (Å²) in [5, 5.41) is 12.1. The Kier molecular flexibility index (Phi) is 6.67. The number of hydrogen-bond acceptors (Lipinski definition) is 3. The van der Waals surface area contributed by atoms with Gasteiger partial charge in [0.1, 0.15) is 0 Å². The molecule has 1 aliphatic carbocycles. The Morgan fingerprint density at radius 1 is 1.08 bits per heavy atom. The van der Waals surface area contributed by atoms with E-state index < -0.39 is 5.97 Å². The molecular weight excluding hydrogens is 328 g/mol. The second-order valence-electron chi connectivity index (χ2n) is 7.85. The number of hydrogen-bond donors (Lipinski definition) is 2. The van der Waals surface area contributed by atoms with Crippen LogP contribution in [0.1, 0.15) is 56.9 Å². The van der Waals surface area contributed by atoms with E-state index in [0.717, 1.165) is 30.9 Å². The highest BCUT2D eigenvalue weighted by atomic mass is 16.4. The summed E-state index contributed by atoms with van der Waals surface area (Å²) >= 11 is 0. The van der Waals surface area contributed by atoms with Gasteiger partial charge in [0.25, 0.3) is 0 Å². The van der Waals surface area contributed by atoms with Crippen LogP contribution in [0.25, 0.3) is 0 Å². The second-order valence-corrected chi connectivity index (χ2v) is 7.85. The predicted molar refractivity (Wildman–Crippen MR) is 102 cm³/mol. The predicted octanol–water partition coefficient (Wildman–Crippen LogP) is 3.89. The number of piperidine rings is 1. The molecule has 2 fully saturated rings. The van der Waals surface area contributed by atoms with Crippen LogP contribution in [0.4, 0.5) is 5.69 Å². The number of aliphatic carboxylic acids is 1. The summed E-state index contributed by atoms with van der Waals surface area (Å²) in [6.07, 6.45) is 8.24. The summed E-state index contributed by atoms with van der Waals surface area (Å²) in [5.41, 5.74) is 2.03. The lowest BCUT2D eigenvalue weighted by atomic mass is 9.87. The van der Waals surface area contributed by atoms with Gasteiger partial charge in [-0.15, -0.1) is 0 Å². The maximum absolute atomic E-state index is 12.3. The third-order valence-corrected chi connectivity index (χ3v) is 5.75. The minimum atomic E-state index is -0.674. The molecule has 1 aromatic carbocycles. The van der Waals surface area contributed by atoms with E-state index in [1.54, 1.807) is 0 Å². The molecule has 3 rings (SSSR count). The van der Waals surface area contributed by atoms with Crippen molar-refractivity contribution in [1.82, 2.24) is 4.90 Å². The first-order valence-electron chi connectivity index (χ1n) is 9.94. The SMILES string of the molecule is O=C(CC1CCCCC1)Nc1cccc(CN2CCC(C(=O)O)CC2)c1. The van der Waals surface area contributed by atoms with Gasteiger partial charge in [0.2, 0.25) is 5.91 Å². The quantitative estimate of drug-likeness (QED) is 0.809. The number of carboxylic acids is 1. The number of carboxylic acid groups (broad SMARTS) is 1. The monoisotopic (exact) mass is 358 g/mol. The third kappa shape index (κ3) is 5.56. The van der Waals surface area contributed by atoms with Crippen molar-refractivity contribution in [3.8, 4) is 0 Å². The van der Waals surface area contributed by atoms with E-state index in [2.05, 4.69) is 16.3 Å². The summed E-state index contributed by atoms with van der Waals surface area (Å²) < 4.78 is 0. The number of rotatable bonds is 6. The van der Waals surface area contributed by atoms with Gasteiger partial charge in [-0.3, -0.25) is 14.5 Å². The molecule has 1 saturated carbocycles. The van der Waals surface area contributed by atoms with Crippen LogP contribution >= 0.6 is 0 Å². The number of carbonyl (C=O) groups excluding carboxylic acids is 1. The Bertz CT molecular complexity index is 617. The molecule has 0 radical (unpaired) electrons. The lowest BCUT2D eigenvalue weighted by Gasteiger charge is -2.30. The van der Waals surface area contributed by atoms with Gasteiger partial charge in [0, 0.05) is 18.7 Å². The molecule has 5 nitrogen and oxygen atoms in total. The van der Waals surface area contributed by atoms with Crippen molar-refractivity contribution in [3.63, 3.8) is 0 Å². The maximum Gasteiger partial charge on any atom is 0.306 e. The highest BCUT2D eigenvalue weighted by molar-refractivity contribution is 5.90. The molecule has 0 unspecified atom stereocenters. The van der Waals surface area contributed by atoms with E-state index in [4.69, 9.17) is 5.11 Å². The Morgan fingerprint density at radius 2 is 1.81 bits per heavy atom. The van der Waals surface area contributed by atoms with Crippen LogP contribution in [0.2, 0.25) is 0 Å². The van der Waals surface area contributed by atoms with Gasteiger partial charge in [0.15, 0.2) is 0 Å². The molecule has 5 heteroatoms. The number of anilines is 1. The molecule has 0 atom stereocenters. The standard InChI is InChI=1S/C21H30N2O3/c24-20(14-16-5-2-1-3-6-16)22-19-8-4-7-17(13-19)15-23-11-9-18(10-12-23)21(25)26/h4,7-8,13,16,18H,1-3,5-6,9-12,14-15H2,(H,22,24)(H,25,26). The van der Waals surface area contributed by atoms with Gasteiger partial charge in [-0.05, 0) is 62.4 Å². The van der Waals surface area contributed by atoms with Crippen LogP contribution in [0.5, 0.6) is 0 Å². The number of amides is 1. The van der Waals surface area contributed by atoms with Crippen molar-refractivity contribution in [2.45, 2.75) is 57.9 Å². The number of carbonyl (C=O) groups is 2. The number of nitrogens with zero attached hydrogens (tertiary/aromatic N) is 1. The van der Waals surface area contributed by atoms with Gasteiger partial charge in [0.05, 0.1) is 5.92 Å². The van der Waals surface area contributed by atoms with Crippen LogP contribution in [0.15, 0.2) is 24.3 Å². The number of benzene rings is 1. The maximum atomic E-state index is 12.3. The molecule has 0 aromatic heterocycles. The molecule has 1 heterocycles. The average Bonchev–Trinajstić information content (AvgIpc) is 2.63. The van der Waals surface area contributed by atoms with Gasteiger partial charge < -0.3 is 10.4 Å². The fraction of sp³-hybridized carbons (Fsp3) is 0.619. The highest BCUT2D eigenvalue weighted by Crippen LogP contribution is 2.27. The first-order valence-corrected chi connectivity index (χ1v) is 9.94. The molecule has 1 amide bonds. The van der Waals surface area contributed by atoms with Crippen molar-refractivity contribution in [2.75, 3.05) is 18.4 Å². The van der Waals surface area contributed by atoms with Crippen molar-refractivity contribution in [1.29, 1.82) is 0 Å². The first kappa shape index (κ1) is 18.9. The van der Waals surface area contributed by atoms with Crippen molar-refractivity contribution in [2.24, 2.45) is 11.8 Å². The molecule has 2 N–H and O–H groups in total. The first-order chi connectivity index (χ1) is 12.6. The number of nitrogens with one attached hydrogen (secondary N) is 1. The van der Waals surface area contributed by atoms with Crippen LogP contribution in [0.3, 0.4) is 0 Å². The van der Waals surface area contributed by atoms with Crippen LogP contribution < -0.4 is 5.32 Å². The fourth-order valence-corrected chi connectivity index (χ4v) is 4.21. The molecular formula is C21H30N2O3. The zero-order chi connectivity index (χ0) is 18.4. The Morgan fingerprint density at radius 3 is 2.50 bits per heavy atom. The summed E-state index contributed by atoms with van der Waals surface area (Å²) in [7, 11) is 0. The largest absolute Gasteiger partial charge is 0.481 e. The van der Waals surface area contributed by atoms with Gasteiger partial charge in [-0.1, -0.05) is 31.4 Å². The minimum absolute atomic E-state index is 0.122. The van der Waals surface area contributed by atoms with Crippen molar-refractivity contribution in [3.05, 3.63) is 29.8 Å². The van der Waals surface area contributed by atoms with Gasteiger partial charge in [-0.25, -0.2) is 0 Å². The van der Waals surface area contributed by atoms with E-state index >= 15 is 0 Å². The van der Waals surface area contributed by atoms with Crippen LogP contribution in [-0.2, 0) is 16.1 Å². The molecule has 1 aliphatic heterocycles. The smallest absolute Gasteiger partial charge is 0.306 e. The molecule has 0 spiro atoms. The topological polar surface area (TPSA) is 69.6 Å². The van der Waals surface area contributed by atoms with Gasteiger partial charge in [-0.2, -0.15) is 0 Å². The molecule has 1 aromatic rings. The zero-order valence-electron chi connectivity index (χ0n) is 15.5. The van der Waals surface area contributed by atoms with E-state index in [1.165, 1.54) is 32.1 Å². The number of likely N-dealkylation sites (tertiary alicyclic amines) is 1. The van der Waals surface area contributed by atoms with E-state index in [1.807, 2.05) is 18.2 Å². The molecule has 2 aliphatic rings. The summed E-state index contributed by atoms with van der Waals surface area (Å²) in [5.74, 6) is -0.206. The second kappa shape index (κ2) is 9.17. The summed E-state index contributed by atoms with van der Waals surface area (Å²) in [4.78, 5) is 25.6. The normalized spacial score (nSPS) is 20.0. The van der Waals surface area contributed by atoms with E-state index in [0.29, 0.717) is 25.2 Å². The highest BCUT2D eigenvalue weighted by Gasteiger charge is 2.24. The van der Waals surface area contributed by atoms with E-state index in [9.17, 15) is 9.59 Å². The zero-order valence-corrected chi connectivity index (χ0v) is 15.5. The molecule has 142 valence electrons. The van der Waals surface area contributed by atoms with Crippen LogP contribution in [0, 0.1) is 11.8 Å².